The maximum Gasteiger partial charge on any atom is 0.0547 e. The third-order valence-electron chi connectivity index (χ3n) is 9.95. The Hall–Kier alpha value is -6.38. The van der Waals surface area contributed by atoms with Crippen LogP contribution in [0.1, 0.15) is 37.0 Å². The maximum atomic E-state index is 3.50. The van der Waals surface area contributed by atoms with E-state index >= 15 is 0 Å². The summed E-state index contributed by atoms with van der Waals surface area (Å²) in [6.45, 7) is 4.00. The summed E-state index contributed by atoms with van der Waals surface area (Å²) in [4.78, 5) is 0. The Morgan fingerprint density at radius 2 is 1.33 bits per heavy atom. The maximum absolute atomic E-state index is 3.50. The minimum Gasteiger partial charge on any atom is -0.362 e. The smallest absolute Gasteiger partial charge is 0.0547 e. The van der Waals surface area contributed by atoms with Gasteiger partial charge in [0.1, 0.15) is 0 Å². The molecule has 1 aliphatic carbocycles. The van der Waals surface area contributed by atoms with Gasteiger partial charge in [0.25, 0.3) is 0 Å². The fourth-order valence-corrected chi connectivity index (χ4v) is 7.42. The van der Waals surface area contributed by atoms with Crippen molar-refractivity contribution in [2.45, 2.75) is 26.7 Å². The predicted molar refractivity (Wildman–Crippen MR) is 226 cm³/mol. The van der Waals surface area contributed by atoms with E-state index in [4.69, 9.17) is 0 Å². The third-order valence-corrected chi connectivity index (χ3v) is 9.95. The van der Waals surface area contributed by atoms with E-state index in [-0.39, 0.29) is 0 Å². The van der Waals surface area contributed by atoms with Crippen LogP contribution in [0.5, 0.6) is 0 Å². The number of aryl methyl sites for hydroxylation is 1. The minimum atomic E-state index is 1.04. The molecule has 2 heteroatoms. The number of allylic oxidation sites excluding steroid dienone is 6. The second-order valence-corrected chi connectivity index (χ2v) is 13.0. The van der Waals surface area contributed by atoms with Crippen molar-refractivity contribution in [3.8, 4) is 5.69 Å². The van der Waals surface area contributed by atoms with Crippen molar-refractivity contribution in [2.75, 3.05) is 5.32 Å². The molecule has 7 aromatic carbocycles. The lowest BCUT2D eigenvalue weighted by Crippen LogP contribution is -1.97. The van der Waals surface area contributed by atoms with Gasteiger partial charge in [-0.3, -0.25) is 0 Å². The molecule has 0 unspecified atom stereocenters. The molecule has 252 valence electrons. The van der Waals surface area contributed by atoms with E-state index in [0.717, 1.165) is 24.2 Å². The van der Waals surface area contributed by atoms with E-state index < -0.39 is 0 Å². The molecule has 0 saturated carbocycles. The molecule has 52 heavy (non-hydrogen) atoms. The van der Waals surface area contributed by atoms with Gasteiger partial charge in [-0.2, -0.15) is 0 Å². The highest BCUT2D eigenvalue weighted by Crippen LogP contribution is 2.37. The van der Waals surface area contributed by atoms with Crippen LogP contribution < -0.4 is 5.32 Å². The summed E-state index contributed by atoms with van der Waals surface area (Å²) >= 11 is 0. The van der Waals surface area contributed by atoms with Gasteiger partial charge in [0.05, 0.1) is 11.0 Å². The van der Waals surface area contributed by atoms with E-state index in [1.165, 1.54) is 71.2 Å². The molecule has 0 aliphatic heterocycles. The fourth-order valence-electron chi connectivity index (χ4n) is 7.42. The Bertz CT molecular complexity index is 2660. The molecule has 1 N–H and O–H groups in total. The zero-order valence-corrected chi connectivity index (χ0v) is 29.8. The molecule has 0 radical (unpaired) electrons. The summed E-state index contributed by atoms with van der Waals surface area (Å²) in [5.41, 5.74) is 11.1. The van der Waals surface area contributed by atoms with Crippen LogP contribution in [0.3, 0.4) is 0 Å². The van der Waals surface area contributed by atoms with Crippen molar-refractivity contribution in [2.24, 2.45) is 0 Å². The van der Waals surface area contributed by atoms with Crippen molar-refractivity contribution in [3.63, 3.8) is 0 Å². The summed E-state index contributed by atoms with van der Waals surface area (Å²) in [6.07, 6.45) is 15.3. The van der Waals surface area contributed by atoms with Gasteiger partial charge in [-0.05, 0) is 111 Å². The molecule has 0 bridgehead atoms. The van der Waals surface area contributed by atoms with E-state index in [1.54, 1.807) is 0 Å². The monoisotopic (exact) mass is 670 g/mol. The number of para-hydroxylation sites is 1. The zero-order chi connectivity index (χ0) is 35.3. The van der Waals surface area contributed by atoms with Crippen LogP contribution in [0.2, 0.25) is 0 Å². The lowest BCUT2D eigenvalue weighted by atomic mass is 9.91. The molecular weight excluding hydrogens is 629 g/mol. The quantitative estimate of drug-likeness (QED) is 0.167. The Morgan fingerprint density at radius 3 is 2.19 bits per heavy atom. The predicted octanol–water partition coefficient (Wildman–Crippen LogP) is 13.7. The van der Waals surface area contributed by atoms with Gasteiger partial charge in [-0.25, -0.2) is 0 Å². The number of benzene rings is 7. The number of nitrogens with zero attached hydrogens (tertiary/aromatic N) is 1. The van der Waals surface area contributed by atoms with Gasteiger partial charge in [0, 0.05) is 28.3 Å². The van der Waals surface area contributed by atoms with Crippen LogP contribution in [0, 0.1) is 0 Å². The van der Waals surface area contributed by atoms with Crippen molar-refractivity contribution >= 4 is 60.7 Å². The first-order chi connectivity index (χ1) is 25.8. The van der Waals surface area contributed by atoms with E-state index in [2.05, 4.69) is 192 Å². The molecule has 8 aromatic rings. The number of hydrogen-bond acceptors (Lipinski definition) is 1. The second kappa shape index (κ2) is 14.8. The topological polar surface area (TPSA) is 17.0 Å². The van der Waals surface area contributed by atoms with Gasteiger partial charge in [-0.1, -0.05) is 147 Å². The summed E-state index contributed by atoms with van der Waals surface area (Å²) in [7, 11) is 0. The van der Waals surface area contributed by atoms with Gasteiger partial charge in [-0.15, -0.1) is 0 Å². The van der Waals surface area contributed by atoms with Gasteiger partial charge in [0.15, 0.2) is 0 Å². The SMILES string of the molecule is C1=C(\C=C/C(=C\C=C\Nc2ccc(-n3c4ccccc4c4c5ccccc5ccc43)cc2)c2ccc3ccccc3c2)CCc2ccccc21.CC. The number of anilines is 1. The van der Waals surface area contributed by atoms with Gasteiger partial charge >= 0.3 is 0 Å². The number of rotatable bonds is 7. The molecule has 0 fully saturated rings. The molecule has 1 aliphatic rings. The normalized spacial score (nSPS) is 13.1. The highest BCUT2D eigenvalue weighted by atomic mass is 15.0. The van der Waals surface area contributed by atoms with Gasteiger partial charge in [0.2, 0.25) is 0 Å². The van der Waals surface area contributed by atoms with Crippen molar-refractivity contribution in [3.05, 3.63) is 204 Å². The summed E-state index contributed by atoms with van der Waals surface area (Å²) in [5, 5.41) is 11.1. The lowest BCUT2D eigenvalue weighted by Gasteiger charge is -2.14. The molecule has 0 atom stereocenters. The Labute approximate surface area is 306 Å². The zero-order valence-electron chi connectivity index (χ0n) is 29.8. The number of aromatic nitrogens is 1. The molecule has 1 aromatic heterocycles. The first-order valence-corrected chi connectivity index (χ1v) is 18.4. The lowest BCUT2D eigenvalue weighted by molar-refractivity contribution is 0.950. The molecule has 0 amide bonds. The van der Waals surface area contributed by atoms with Crippen LogP contribution in [0.4, 0.5) is 5.69 Å². The standard InChI is InChI=1S/C48H36N2.C2H6/c1-3-13-39-32-34(19-21-35(39)10-1)20-22-37(41-24-23-36-11-2-4-14-40(36)33-41)15-9-31-49-42-26-28-43(29-27-42)50-46-18-8-7-17-45(46)48-44-16-6-5-12-38(44)25-30-47(48)50;1-2/h1-18,20,22-33,49H,19,21H2;1-2H3/b22-20-,31-9+,37-15+;. The van der Waals surface area contributed by atoms with Crippen molar-refractivity contribution in [1.82, 2.24) is 4.57 Å². The highest BCUT2D eigenvalue weighted by Gasteiger charge is 2.14. The van der Waals surface area contributed by atoms with Crippen LogP contribution in [-0.2, 0) is 6.42 Å². The molecule has 0 spiro atoms. The van der Waals surface area contributed by atoms with Gasteiger partial charge < -0.3 is 9.88 Å². The van der Waals surface area contributed by atoms with Crippen LogP contribution in [-0.4, -0.2) is 4.57 Å². The largest absolute Gasteiger partial charge is 0.362 e. The van der Waals surface area contributed by atoms with Crippen LogP contribution >= 0.6 is 0 Å². The first kappa shape index (κ1) is 32.8. The number of nitrogens with one attached hydrogen (secondary N) is 1. The molecule has 2 nitrogen and oxygen atoms in total. The summed E-state index contributed by atoms with van der Waals surface area (Å²) in [6, 6.07) is 54.6. The second-order valence-electron chi connectivity index (χ2n) is 13.0. The third kappa shape index (κ3) is 6.48. The Kier molecular flexibility index (Phi) is 9.37. The fraction of sp³-hybridized carbons (Fsp3) is 0.0800. The Balaban J connectivity index is 0.00000190. The Morgan fingerprint density at radius 1 is 0.615 bits per heavy atom. The van der Waals surface area contributed by atoms with Crippen LogP contribution in [0.25, 0.3) is 60.7 Å². The van der Waals surface area contributed by atoms with E-state index in [0.29, 0.717) is 0 Å². The minimum absolute atomic E-state index is 1.04. The van der Waals surface area contributed by atoms with E-state index in [9.17, 15) is 0 Å². The van der Waals surface area contributed by atoms with Crippen molar-refractivity contribution in [1.29, 1.82) is 0 Å². The average molecular weight is 671 g/mol. The summed E-state index contributed by atoms with van der Waals surface area (Å²) < 4.78 is 2.38. The molecule has 1 heterocycles. The highest BCUT2D eigenvalue weighted by molar-refractivity contribution is 6.21. The molecule has 9 rings (SSSR count). The number of hydrogen-bond donors (Lipinski definition) is 1. The average Bonchev–Trinajstić information content (AvgIpc) is 3.56. The molecular formula is C50H42N2. The van der Waals surface area contributed by atoms with Crippen molar-refractivity contribution < 1.29 is 0 Å². The van der Waals surface area contributed by atoms with E-state index in [1.807, 2.05) is 20.0 Å². The number of fused-ring (bicyclic) bond motifs is 7. The summed E-state index contributed by atoms with van der Waals surface area (Å²) in [5.74, 6) is 0. The van der Waals surface area contributed by atoms with Crippen LogP contribution in [0.15, 0.2) is 188 Å². The molecule has 0 saturated heterocycles. The first-order valence-electron chi connectivity index (χ1n) is 18.4.